The van der Waals surface area contributed by atoms with E-state index in [1.807, 2.05) is 19.1 Å². The van der Waals surface area contributed by atoms with Crippen LogP contribution in [0.15, 0.2) is 22.7 Å². The van der Waals surface area contributed by atoms with Gasteiger partial charge in [0.15, 0.2) is 0 Å². The first-order valence-electron chi connectivity index (χ1n) is 4.22. The minimum atomic E-state index is -2.69. The highest BCUT2D eigenvalue weighted by Gasteiger charge is 2.17. The molecule has 1 aromatic rings. The lowest BCUT2D eigenvalue weighted by Gasteiger charge is -2.11. The van der Waals surface area contributed by atoms with Gasteiger partial charge in [0.1, 0.15) is 6.10 Å². The van der Waals surface area contributed by atoms with Crippen LogP contribution in [0.3, 0.4) is 0 Å². The van der Waals surface area contributed by atoms with Gasteiger partial charge in [0.2, 0.25) is 0 Å². The molecular formula is C10H11BrF2O. The summed E-state index contributed by atoms with van der Waals surface area (Å²) >= 11 is 3.25. The van der Waals surface area contributed by atoms with Crippen LogP contribution in [0.1, 0.15) is 11.1 Å². The summed E-state index contributed by atoms with van der Waals surface area (Å²) in [6.45, 7) is 1.83. The van der Waals surface area contributed by atoms with Gasteiger partial charge in [-0.3, -0.25) is 0 Å². The average molecular weight is 265 g/mol. The quantitative estimate of drug-likeness (QED) is 0.890. The molecule has 0 bridgehead atoms. The molecule has 0 heterocycles. The van der Waals surface area contributed by atoms with Crippen LogP contribution < -0.4 is 0 Å². The van der Waals surface area contributed by atoms with Gasteiger partial charge in [-0.25, -0.2) is 8.78 Å². The minimum Gasteiger partial charge on any atom is -0.387 e. The van der Waals surface area contributed by atoms with Gasteiger partial charge in [-0.2, -0.15) is 0 Å². The summed E-state index contributed by atoms with van der Waals surface area (Å²) in [5.74, 6) is 0. The van der Waals surface area contributed by atoms with Gasteiger partial charge >= 0.3 is 0 Å². The second kappa shape index (κ2) is 4.84. The summed E-state index contributed by atoms with van der Waals surface area (Å²) in [5, 5.41) is 9.03. The first kappa shape index (κ1) is 11.6. The molecule has 0 aliphatic heterocycles. The average Bonchev–Trinajstić information content (AvgIpc) is 2.11. The molecule has 14 heavy (non-hydrogen) atoms. The molecule has 0 radical (unpaired) electrons. The van der Waals surface area contributed by atoms with Gasteiger partial charge in [-0.05, 0) is 30.2 Å². The van der Waals surface area contributed by atoms with Gasteiger partial charge in [-0.15, -0.1) is 0 Å². The van der Waals surface area contributed by atoms with Crippen LogP contribution in [0.2, 0.25) is 0 Å². The number of aryl methyl sites for hydroxylation is 1. The number of benzene rings is 1. The molecule has 0 saturated heterocycles. The molecule has 1 aromatic carbocycles. The maximum Gasteiger partial charge on any atom is 0.264 e. The van der Waals surface area contributed by atoms with Crippen molar-refractivity contribution in [3.05, 3.63) is 33.8 Å². The Morgan fingerprint density at radius 2 is 2.07 bits per heavy atom. The molecule has 1 nitrogen and oxygen atoms in total. The first-order valence-corrected chi connectivity index (χ1v) is 5.01. The Kier molecular flexibility index (Phi) is 4.01. The van der Waals surface area contributed by atoms with Crippen LogP contribution in [0, 0.1) is 6.92 Å². The van der Waals surface area contributed by atoms with Gasteiger partial charge in [-0.1, -0.05) is 22.0 Å². The highest BCUT2D eigenvalue weighted by Crippen LogP contribution is 2.18. The molecule has 1 rings (SSSR count). The third kappa shape index (κ3) is 3.03. The molecule has 0 spiro atoms. The molecule has 0 amide bonds. The zero-order chi connectivity index (χ0) is 10.7. The normalized spacial score (nSPS) is 13.3. The standard InChI is InChI=1S/C10H11BrF2O/c1-6-2-3-8(11)4-7(6)5-9(14)10(12)13/h2-4,9-10,14H,5H2,1H3. The van der Waals surface area contributed by atoms with Crippen molar-refractivity contribution < 1.29 is 13.9 Å². The van der Waals surface area contributed by atoms with Crippen molar-refractivity contribution in [2.75, 3.05) is 0 Å². The van der Waals surface area contributed by atoms with E-state index in [-0.39, 0.29) is 6.42 Å². The molecule has 0 saturated carbocycles. The lowest BCUT2D eigenvalue weighted by atomic mass is 10.0. The summed E-state index contributed by atoms with van der Waals surface area (Å²) in [5.41, 5.74) is 1.65. The second-order valence-corrected chi connectivity index (χ2v) is 4.09. The number of halogens is 3. The van der Waals surface area contributed by atoms with Crippen molar-refractivity contribution in [2.45, 2.75) is 25.9 Å². The number of hydrogen-bond donors (Lipinski definition) is 1. The Labute approximate surface area is 89.9 Å². The Morgan fingerprint density at radius 1 is 1.43 bits per heavy atom. The zero-order valence-corrected chi connectivity index (χ0v) is 9.26. The van der Waals surface area contributed by atoms with Crippen LogP contribution in [0.4, 0.5) is 8.78 Å². The van der Waals surface area contributed by atoms with E-state index in [9.17, 15) is 8.78 Å². The van der Waals surface area contributed by atoms with E-state index in [1.54, 1.807) is 6.07 Å². The topological polar surface area (TPSA) is 20.2 Å². The monoisotopic (exact) mass is 264 g/mol. The predicted octanol–water partition coefficient (Wildman–Crippen LogP) is 2.93. The van der Waals surface area contributed by atoms with Crippen LogP contribution in [0.5, 0.6) is 0 Å². The summed E-state index contributed by atoms with van der Waals surface area (Å²) in [6, 6.07) is 5.42. The predicted molar refractivity (Wildman–Crippen MR) is 54.6 cm³/mol. The van der Waals surface area contributed by atoms with Crippen molar-refractivity contribution in [3.8, 4) is 0 Å². The fourth-order valence-corrected chi connectivity index (χ4v) is 1.58. The van der Waals surface area contributed by atoms with E-state index in [2.05, 4.69) is 15.9 Å². The molecule has 1 N–H and O–H groups in total. The third-order valence-electron chi connectivity index (χ3n) is 2.03. The van der Waals surface area contributed by atoms with Crippen molar-refractivity contribution in [2.24, 2.45) is 0 Å². The SMILES string of the molecule is Cc1ccc(Br)cc1CC(O)C(F)F. The largest absolute Gasteiger partial charge is 0.387 e. The minimum absolute atomic E-state index is 0.0110. The fraction of sp³-hybridized carbons (Fsp3) is 0.400. The highest BCUT2D eigenvalue weighted by molar-refractivity contribution is 9.10. The van der Waals surface area contributed by atoms with Crippen LogP contribution >= 0.6 is 15.9 Å². The Morgan fingerprint density at radius 3 is 2.64 bits per heavy atom. The van der Waals surface area contributed by atoms with Gasteiger partial charge in [0, 0.05) is 10.9 Å². The van der Waals surface area contributed by atoms with Crippen LogP contribution in [-0.4, -0.2) is 17.6 Å². The molecule has 0 aliphatic rings. The summed E-state index contributed by atoms with van der Waals surface area (Å²) < 4.78 is 25.0. The van der Waals surface area contributed by atoms with Crippen molar-refractivity contribution >= 4 is 15.9 Å². The second-order valence-electron chi connectivity index (χ2n) is 3.18. The zero-order valence-electron chi connectivity index (χ0n) is 7.67. The number of alkyl halides is 2. The van der Waals surface area contributed by atoms with E-state index in [0.29, 0.717) is 0 Å². The molecule has 4 heteroatoms. The number of aliphatic hydroxyl groups is 1. The smallest absolute Gasteiger partial charge is 0.264 e. The van der Waals surface area contributed by atoms with Gasteiger partial charge < -0.3 is 5.11 Å². The lowest BCUT2D eigenvalue weighted by molar-refractivity contribution is -0.00373. The van der Waals surface area contributed by atoms with E-state index < -0.39 is 12.5 Å². The van der Waals surface area contributed by atoms with Gasteiger partial charge in [0.05, 0.1) is 0 Å². The molecule has 0 fully saturated rings. The fourth-order valence-electron chi connectivity index (χ4n) is 1.17. The molecule has 0 aromatic heterocycles. The number of hydrogen-bond acceptors (Lipinski definition) is 1. The molecule has 0 aliphatic carbocycles. The summed E-state index contributed by atoms with van der Waals surface area (Å²) in [4.78, 5) is 0. The molecule has 1 unspecified atom stereocenters. The Hall–Kier alpha value is -0.480. The Bertz CT molecular complexity index is 315. The molecule has 1 atom stereocenters. The van der Waals surface area contributed by atoms with Crippen molar-refractivity contribution in [3.63, 3.8) is 0 Å². The van der Waals surface area contributed by atoms with E-state index in [0.717, 1.165) is 15.6 Å². The van der Waals surface area contributed by atoms with Gasteiger partial charge in [0.25, 0.3) is 6.43 Å². The molecular weight excluding hydrogens is 254 g/mol. The van der Waals surface area contributed by atoms with E-state index in [1.165, 1.54) is 0 Å². The first-order chi connectivity index (χ1) is 6.50. The van der Waals surface area contributed by atoms with Crippen molar-refractivity contribution in [1.29, 1.82) is 0 Å². The maximum absolute atomic E-state index is 12.1. The van der Waals surface area contributed by atoms with E-state index >= 15 is 0 Å². The maximum atomic E-state index is 12.1. The van der Waals surface area contributed by atoms with Crippen LogP contribution in [0.25, 0.3) is 0 Å². The van der Waals surface area contributed by atoms with E-state index in [4.69, 9.17) is 5.11 Å². The summed E-state index contributed by atoms with van der Waals surface area (Å²) in [7, 11) is 0. The lowest BCUT2D eigenvalue weighted by Crippen LogP contribution is -2.20. The van der Waals surface area contributed by atoms with Crippen LogP contribution in [-0.2, 0) is 6.42 Å². The number of aliphatic hydroxyl groups excluding tert-OH is 1. The van der Waals surface area contributed by atoms with Crippen molar-refractivity contribution in [1.82, 2.24) is 0 Å². The third-order valence-corrected chi connectivity index (χ3v) is 2.52. The Balaban J connectivity index is 2.80. The highest BCUT2D eigenvalue weighted by atomic mass is 79.9. The summed E-state index contributed by atoms with van der Waals surface area (Å²) in [6.07, 6.45) is -4.28. The number of rotatable bonds is 3. The molecule has 78 valence electrons.